The van der Waals surface area contributed by atoms with Crippen molar-refractivity contribution in [3.63, 3.8) is 0 Å². The minimum absolute atomic E-state index is 0.239. The predicted octanol–water partition coefficient (Wildman–Crippen LogP) is 3.55. The highest BCUT2D eigenvalue weighted by molar-refractivity contribution is 5.20. The fourth-order valence-electron chi connectivity index (χ4n) is 3.90. The standard InChI is InChI=1S/C21H28N2O/c24-14-12-19(17-7-2-1-3-8-17)16-23-21-11-6-9-18(21)15-20-10-4-5-13-22-20/h1-5,7-8,10,13,18-19,21,23-24H,6,9,11-12,14-16H2. The molecule has 1 aliphatic carbocycles. The molecule has 3 unspecified atom stereocenters. The highest BCUT2D eigenvalue weighted by Gasteiger charge is 2.28. The summed E-state index contributed by atoms with van der Waals surface area (Å²) in [5.41, 5.74) is 2.52. The summed E-state index contributed by atoms with van der Waals surface area (Å²) in [6.07, 6.45) is 7.59. The predicted molar refractivity (Wildman–Crippen MR) is 98.0 cm³/mol. The first-order valence-corrected chi connectivity index (χ1v) is 9.16. The summed E-state index contributed by atoms with van der Waals surface area (Å²) in [6.45, 7) is 1.18. The van der Waals surface area contributed by atoms with Crippen LogP contribution in [-0.2, 0) is 6.42 Å². The van der Waals surface area contributed by atoms with Gasteiger partial charge in [-0.1, -0.05) is 42.8 Å². The van der Waals surface area contributed by atoms with E-state index in [2.05, 4.69) is 46.7 Å². The lowest BCUT2D eigenvalue weighted by molar-refractivity contribution is 0.269. The van der Waals surface area contributed by atoms with E-state index in [1.807, 2.05) is 18.3 Å². The van der Waals surface area contributed by atoms with E-state index in [0.717, 1.165) is 19.4 Å². The van der Waals surface area contributed by atoms with Gasteiger partial charge in [0.05, 0.1) is 0 Å². The van der Waals surface area contributed by atoms with Gasteiger partial charge in [-0.25, -0.2) is 0 Å². The molecule has 0 aliphatic heterocycles. The number of aliphatic hydroxyl groups excluding tert-OH is 1. The maximum absolute atomic E-state index is 9.40. The Bertz CT molecular complexity index is 587. The van der Waals surface area contributed by atoms with Gasteiger partial charge in [0.15, 0.2) is 0 Å². The van der Waals surface area contributed by atoms with E-state index in [4.69, 9.17) is 0 Å². The molecule has 0 saturated heterocycles. The maximum atomic E-state index is 9.40. The SMILES string of the molecule is OCCC(CNC1CCCC1Cc1ccccn1)c1ccccc1. The first-order valence-electron chi connectivity index (χ1n) is 9.16. The average molecular weight is 324 g/mol. The summed E-state index contributed by atoms with van der Waals surface area (Å²) in [5.74, 6) is 1.05. The van der Waals surface area contributed by atoms with Crippen molar-refractivity contribution in [2.45, 2.75) is 44.1 Å². The molecule has 1 aromatic carbocycles. The van der Waals surface area contributed by atoms with E-state index in [9.17, 15) is 5.11 Å². The number of nitrogens with one attached hydrogen (secondary N) is 1. The third kappa shape index (κ3) is 4.65. The average Bonchev–Trinajstić information content (AvgIpc) is 3.07. The number of aliphatic hydroxyl groups is 1. The van der Waals surface area contributed by atoms with E-state index >= 15 is 0 Å². The molecule has 0 radical (unpaired) electrons. The minimum Gasteiger partial charge on any atom is -0.396 e. The minimum atomic E-state index is 0.239. The summed E-state index contributed by atoms with van der Waals surface area (Å²) in [4.78, 5) is 4.49. The molecular weight excluding hydrogens is 296 g/mol. The van der Waals surface area contributed by atoms with Crippen LogP contribution in [0.3, 0.4) is 0 Å². The molecular formula is C21H28N2O. The van der Waals surface area contributed by atoms with Gasteiger partial charge in [-0.2, -0.15) is 0 Å². The third-order valence-corrected chi connectivity index (χ3v) is 5.23. The second kappa shape index (κ2) is 8.95. The van der Waals surface area contributed by atoms with Gasteiger partial charge in [0.2, 0.25) is 0 Å². The van der Waals surface area contributed by atoms with E-state index in [1.165, 1.54) is 30.5 Å². The van der Waals surface area contributed by atoms with Crippen LogP contribution in [-0.4, -0.2) is 29.3 Å². The first kappa shape index (κ1) is 17.1. The Morgan fingerprint density at radius 3 is 2.67 bits per heavy atom. The molecule has 2 N–H and O–H groups in total. The number of hydrogen-bond acceptors (Lipinski definition) is 3. The van der Waals surface area contributed by atoms with Crippen LogP contribution in [0.5, 0.6) is 0 Å². The second-order valence-electron chi connectivity index (χ2n) is 6.85. The maximum Gasteiger partial charge on any atom is 0.0437 e. The quantitative estimate of drug-likeness (QED) is 0.780. The Morgan fingerprint density at radius 2 is 1.92 bits per heavy atom. The lowest BCUT2D eigenvalue weighted by Crippen LogP contribution is -2.36. The molecule has 128 valence electrons. The second-order valence-corrected chi connectivity index (χ2v) is 6.85. The van der Waals surface area contributed by atoms with Crippen molar-refractivity contribution in [2.75, 3.05) is 13.2 Å². The zero-order valence-electron chi connectivity index (χ0n) is 14.3. The van der Waals surface area contributed by atoms with Crippen molar-refractivity contribution < 1.29 is 5.11 Å². The zero-order valence-corrected chi connectivity index (χ0v) is 14.3. The van der Waals surface area contributed by atoms with Crippen molar-refractivity contribution in [3.8, 4) is 0 Å². The fourth-order valence-corrected chi connectivity index (χ4v) is 3.90. The number of nitrogens with zero attached hydrogens (tertiary/aromatic N) is 1. The van der Waals surface area contributed by atoms with Gasteiger partial charge in [0, 0.05) is 31.1 Å². The van der Waals surface area contributed by atoms with Crippen LogP contribution in [0.2, 0.25) is 0 Å². The summed E-state index contributed by atoms with van der Waals surface area (Å²) < 4.78 is 0. The van der Waals surface area contributed by atoms with Crippen LogP contribution < -0.4 is 5.32 Å². The number of hydrogen-bond donors (Lipinski definition) is 2. The molecule has 24 heavy (non-hydrogen) atoms. The Morgan fingerprint density at radius 1 is 1.08 bits per heavy atom. The van der Waals surface area contributed by atoms with Crippen LogP contribution >= 0.6 is 0 Å². The zero-order chi connectivity index (χ0) is 16.6. The van der Waals surface area contributed by atoms with Crippen molar-refractivity contribution in [2.24, 2.45) is 5.92 Å². The third-order valence-electron chi connectivity index (χ3n) is 5.23. The highest BCUT2D eigenvalue weighted by atomic mass is 16.3. The van der Waals surface area contributed by atoms with Crippen LogP contribution in [0.25, 0.3) is 0 Å². The lowest BCUT2D eigenvalue weighted by atomic mass is 9.93. The molecule has 0 spiro atoms. The molecule has 1 aliphatic rings. The number of aromatic nitrogens is 1. The van der Waals surface area contributed by atoms with Crippen molar-refractivity contribution in [1.29, 1.82) is 0 Å². The lowest BCUT2D eigenvalue weighted by Gasteiger charge is -2.24. The Labute approximate surface area is 145 Å². The monoisotopic (exact) mass is 324 g/mol. The van der Waals surface area contributed by atoms with E-state index in [-0.39, 0.29) is 6.61 Å². The molecule has 1 aromatic heterocycles. The van der Waals surface area contributed by atoms with E-state index < -0.39 is 0 Å². The summed E-state index contributed by atoms with van der Waals surface area (Å²) in [7, 11) is 0. The van der Waals surface area contributed by atoms with Crippen LogP contribution in [0.15, 0.2) is 54.7 Å². The summed E-state index contributed by atoms with van der Waals surface area (Å²) in [6, 6.07) is 17.3. The molecule has 0 bridgehead atoms. The molecule has 1 heterocycles. The Hall–Kier alpha value is -1.71. The van der Waals surface area contributed by atoms with E-state index in [1.54, 1.807) is 0 Å². The van der Waals surface area contributed by atoms with Crippen molar-refractivity contribution >= 4 is 0 Å². The number of pyridine rings is 1. The Kier molecular flexibility index (Phi) is 6.39. The van der Waals surface area contributed by atoms with Gasteiger partial charge < -0.3 is 10.4 Å². The van der Waals surface area contributed by atoms with Crippen LogP contribution in [0, 0.1) is 5.92 Å². The molecule has 1 saturated carbocycles. The van der Waals surface area contributed by atoms with Crippen molar-refractivity contribution in [1.82, 2.24) is 10.3 Å². The summed E-state index contributed by atoms with van der Waals surface area (Å²) in [5, 5.41) is 13.2. The summed E-state index contributed by atoms with van der Waals surface area (Å²) >= 11 is 0. The molecule has 3 rings (SSSR count). The number of rotatable bonds is 8. The van der Waals surface area contributed by atoms with Gasteiger partial charge in [-0.05, 0) is 55.2 Å². The van der Waals surface area contributed by atoms with E-state index in [0.29, 0.717) is 17.9 Å². The normalized spacial score (nSPS) is 21.7. The van der Waals surface area contributed by atoms with Gasteiger partial charge in [0.25, 0.3) is 0 Å². The van der Waals surface area contributed by atoms with Gasteiger partial charge in [-0.3, -0.25) is 4.98 Å². The molecule has 2 aromatic rings. The molecule has 3 atom stereocenters. The van der Waals surface area contributed by atoms with Crippen LogP contribution in [0.1, 0.15) is 42.9 Å². The topological polar surface area (TPSA) is 45.1 Å². The molecule has 1 fully saturated rings. The number of benzene rings is 1. The van der Waals surface area contributed by atoms with Gasteiger partial charge in [-0.15, -0.1) is 0 Å². The Balaban J connectivity index is 1.57. The first-order chi connectivity index (χ1) is 11.9. The molecule has 3 nitrogen and oxygen atoms in total. The molecule has 3 heteroatoms. The van der Waals surface area contributed by atoms with Gasteiger partial charge in [0.1, 0.15) is 0 Å². The van der Waals surface area contributed by atoms with Crippen LogP contribution in [0.4, 0.5) is 0 Å². The van der Waals surface area contributed by atoms with Gasteiger partial charge >= 0.3 is 0 Å². The smallest absolute Gasteiger partial charge is 0.0437 e. The highest BCUT2D eigenvalue weighted by Crippen LogP contribution is 2.29. The largest absolute Gasteiger partial charge is 0.396 e. The fraction of sp³-hybridized carbons (Fsp3) is 0.476. The molecule has 0 amide bonds. The van der Waals surface area contributed by atoms with Crippen molar-refractivity contribution in [3.05, 3.63) is 66.0 Å².